The molecule has 1 aromatic heterocycles. The molecule has 0 fully saturated rings. The van der Waals surface area contributed by atoms with Gasteiger partial charge in [-0.1, -0.05) is 24.3 Å². The van der Waals surface area contributed by atoms with Crippen LogP contribution < -0.4 is 5.32 Å². The summed E-state index contributed by atoms with van der Waals surface area (Å²) in [6.07, 6.45) is 1.13. The maximum Gasteiger partial charge on any atom is 0.0314 e. The van der Waals surface area contributed by atoms with E-state index in [1.165, 1.54) is 20.5 Å². The molecule has 0 amide bonds. The molecule has 3 heteroatoms. The van der Waals surface area contributed by atoms with Crippen molar-refractivity contribution in [1.82, 2.24) is 5.32 Å². The highest BCUT2D eigenvalue weighted by atomic mass is 79.9. The van der Waals surface area contributed by atoms with Crippen LogP contribution in [-0.4, -0.2) is 6.54 Å². The van der Waals surface area contributed by atoms with Gasteiger partial charge in [-0.05, 0) is 44.9 Å². The largest absolute Gasteiger partial charge is 0.312 e. The summed E-state index contributed by atoms with van der Waals surface area (Å²) in [5.74, 6) is 0.606. The van der Waals surface area contributed by atoms with E-state index < -0.39 is 0 Å². The Balaban J connectivity index is 1.88. The zero-order valence-corrected chi connectivity index (χ0v) is 11.9. The van der Waals surface area contributed by atoms with Gasteiger partial charge in [0.2, 0.25) is 0 Å². The zero-order valence-electron chi connectivity index (χ0n) is 9.45. The van der Waals surface area contributed by atoms with Crippen molar-refractivity contribution in [3.8, 4) is 0 Å². The van der Waals surface area contributed by atoms with E-state index in [0.29, 0.717) is 5.92 Å². The van der Waals surface area contributed by atoms with Gasteiger partial charge in [0, 0.05) is 28.4 Å². The Morgan fingerprint density at radius 1 is 1.29 bits per heavy atom. The highest BCUT2D eigenvalue weighted by Gasteiger charge is 2.20. The first-order valence-corrected chi connectivity index (χ1v) is 7.52. The Morgan fingerprint density at radius 2 is 2.18 bits per heavy atom. The van der Waals surface area contributed by atoms with Crippen molar-refractivity contribution in [1.29, 1.82) is 0 Å². The first-order chi connectivity index (χ1) is 8.34. The van der Waals surface area contributed by atoms with Gasteiger partial charge in [0.15, 0.2) is 0 Å². The molecule has 2 aromatic rings. The van der Waals surface area contributed by atoms with Crippen molar-refractivity contribution in [3.05, 3.63) is 56.2 Å². The lowest BCUT2D eigenvalue weighted by molar-refractivity contribution is 0.541. The number of hydrogen-bond acceptors (Lipinski definition) is 2. The SMILES string of the molecule is Brc1ccsc1CC1CNCc2ccccc21. The Bertz CT molecular complexity index is 520. The number of fused-ring (bicyclic) bond motifs is 1. The second-order valence-corrected chi connectivity index (χ2v) is 6.28. The molecule has 1 unspecified atom stereocenters. The minimum absolute atomic E-state index is 0.606. The summed E-state index contributed by atoms with van der Waals surface area (Å²) in [4.78, 5) is 1.45. The Morgan fingerprint density at radius 3 is 3.00 bits per heavy atom. The number of rotatable bonds is 2. The van der Waals surface area contributed by atoms with E-state index in [9.17, 15) is 0 Å². The molecule has 0 spiro atoms. The maximum atomic E-state index is 3.62. The van der Waals surface area contributed by atoms with E-state index in [1.54, 1.807) is 0 Å². The molecule has 0 saturated heterocycles. The molecule has 2 heterocycles. The Labute approximate surface area is 114 Å². The van der Waals surface area contributed by atoms with Crippen LogP contribution in [0.2, 0.25) is 0 Å². The Kier molecular flexibility index (Phi) is 3.32. The van der Waals surface area contributed by atoms with Crippen LogP contribution in [0.15, 0.2) is 40.2 Å². The molecule has 0 aliphatic carbocycles. The van der Waals surface area contributed by atoms with Crippen molar-refractivity contribution in [2.24, 2.45) is 0 Å². The lowest BCUT2D eigenvalue weighted by atomic mass is 9.88. The van der Waals surface area contributed by atoms with Gasteiger partial charge in [-0.15, -0.1) is 11.3 Å². The van der Waals surface area contributed by atoms with Crippen LogP contribution in [0.25, 0.3) is 0 Å². The molecule has 1 N–H and O–H groups in total. The predicted molar refractivity (Wildman–Crippen MR) is 76.6 cm³/mol. The minimum Gasteiger partial charge on any atom is -0.312 e. The molecule has 1 aliphatic heterocycles. The molecule has 1 aliphatic rings. The van der Waals surface area contributed by atoms with Gasteiger partial charge in [-0.3, -0.25) is 0 Å². The molecule has 0 saturated carbocycles. The number of thiophene rings is 1. The highest BCUT2D eigenvalue weighted by molar-refractivity contribution is 9.10. The van der Waals surface area contributed by atoms with Gasteiger partial charge < -0.3 is 5.32 Å². The van der Waals surface area contributed by atoms with Crippen molar-refractivity contribution >= 4 is 27.3 Å². The van der Waals surface area contributed by atoms with Gasteiger partial charge in [-0.2, -0.15) is 0 Å². The first kappa shape index (κ1) is 11.5. The van der Waals surface area contributed by atoms with Crippen molar-refractivity contribution in [2.45, 2.75) is 18.9 Å². The Hall–Kier alpha value is -0.640. The van der Waals surface area contributed by atoms with Gasteiger partial charge in [0.1, 0.15) is 0 Å². The van der Waals surface area contributed by atoms with Gasteiger partial charge in [0.05, 0.1) is 0 Å². The fourth-order valence-electron chi connectivity index (χ4n) is 2.46. The monoisotopic (exact) mass is 307 g/mol. The second kappa shape index (κ2) is 4.92. The number of hydrogen-bond donors (Lipinski definition) is 1. The van der Waals surface area contributed by atoms with Crippen LogP contribution in [0.3, 0.4) is 0 Å². The predicted octanol–water partition coefficient (Wildman–Crippen LogP) is 3.94. The third kappa shape index (κ3) is 2.32. The van der Waals surface area contributed by atoms with E-state index in [1.807, 2.05) is 11.3 Å². The number of nitrogens with one attached hydrogen (secondary N) is 1. The van der Waals surface area contributed by atoms with E-state index >= 15 is 0 Å². The summed E-state index contributed by atoms with van der Waals surface area (Å²) in [5, 5.41) is 5.67. The van der Waals surface area contributed by atoms with Crippen LogP contribution in [0, 0.1) is 0 Å². The third-order valence-electron chi connectivity index (χ3n) is 3.32. The average Bonchev–Trinajstić information content (AvgIpc) is 2.76. The van der Waals surface area contributed by atoms with E-state index in [4.69, 9.17) is 0 Å². The van der Waals surface area contributed by atoms with Gasteiger partial charge in [0.25, 0.3) is 0 Å². The summed E-state index contributed by atoms with van der Waals surface area (Å²) < 4.78 is 1.26. The summed E-state index contributed by atoms with van der Waals surface area (Å²) in [6, 6.07) is 10.9. The van der Waals surface area contributed by atoms with Crippen molar-refractivity contribution < 1.29 is 0 Å². The van der Waals surface area contributed by atoms with E-state index in [2.05, 4.69) is 57.0 Å². The highest BCUT2D eigenvalue weighted by Crippen LogP contribution is 2.32. The molecule has 0 radical (unpaired) electrons. The van der Waals surface area contributed by atoms with E-state index in [0.717, 1.165) is 19.5 Å². The maximum absolute atomic E-state index is 3.62. The molecule has 17 heavy (non-hydrogen) atoms. The summed E-state index contributed by atoms with van der Waals surface area (Å²) >= 11 is 5.47. The van der Waals surface area contributed by atoms with Crippen LogP contribution in [0.1, 0.15) is 21.9 Å². The molecular weight excluding hydrogens is 294 g/mol. The van der Waals surface area contributed by atoms with Crippen molar-refractivity contribution in [3.63, 3.8) is 0 Å². The topological polar surface area (TPSA) is 12.0 Å². The molecule has 1 aromatic carbocycles. The molecule has 0 bridgehead atoms. The van der Waals surface area contributed by atoms with E-state index in [-0.39, 0.29) is 0 Å². The van der Waals surface area contributed by atoms with Gasteiger partial charge >= 0.3 is 0 Å². The summed E-state index contributed by atoms with van der Waals surface area (Å²) in [7, 11) is 0. The molecule has 3 rings (SSSR count). The summed E-state index contributed by atoms with van der Waals surface area (Å²) in [6.45, 7) is 2.10. The van der Waals surface area contributed by atoms with Crippen molar-refractivity contribution in [2.75, 3.05) is 6.54 Å². The third-order valence-corrected chi connectivity index (χ3v) is 5.27. The average molecular weight is 308 g/mol. The number of benzene rings is 1. The fourth-order valence-corrected chi connectivity index (χ4v) is 4.06. The summed E-state index contributed by atoms with van der Waals surface area (Å²) in [5.41, 5.74) is 2.97. The lowest BCUT2D eigenvalue weighted by Gasteiger charge is -2.26. The second-order valence-electron chi connectivity index (χ2n) is 4.42. The molecule has 88 valence electrons. The van der Waals surface area contributed by atoms with Crippen LogP contribution in [0.5, 0.6) is 0 Å². The molecule has 1 atom stereocenters. The molecule has 1 nitrogen and oxygen atoms in total. The smallest absolute Gasteiger partial charge is 0.0314 e. The number of halogens is 1. The standard InChI is InChI=1S/C14H14BrNS/c15-13-5-6-17-14(13)7-11-9-16-8-10-3-1-2-4-12(10)11/h1-6,11,16H,7-9H2. The lowest BCUT2D eigenvalue weighted by Crippen LogP contribution is -2.29. The normalized spacial score (nSPS) is 19.0. The van der Waals surface area contributed by atoms with Crippen LogP contribution in [0.4, 0.5) is 0 Å². The van der Waals surface area contributed by atoms with Crippen LogP contribution in [-0.2, 0) is 13.0 Å². The first-order valence-electron chi connectivity index (χ1n) is 5.85. The van der Waals surface area contributed by atoms with Gasteiger partial charge in [-0.25, -0.2) is 0 Å². The minimum atomic E-state index is 0.606. The quantitative estimate of drug-likeness (QED) is 0.886. The molecular formula is C14H14BrNS. The van der Waals surface area contributed by atoms with Crippen LogP contribution >= 0.6 is 27.3 Å². The fraction of sp³-hybridized carbons (Fsp3) is 0.286. The zero-order chi connectivity index (χ0) is 11.7.